The van der Waals surface area contributed by atoms with E-state index in [-0.39, 0.29) is 17.6 Å². The Bertz CT molecular complexity index is 480. The number of hydrogen-bond acceptors (Lipinski definition) is 3. The van der Waals surface area contributed by atoms with Crippen LogP contribution >= 0.6 is 15.9 Å². The molecule has 1 rings (SSSR count). The van der Waals surface area contributed by atoms with Crippen LogP contribution in [-0.2, 0) is 5.33 Å². The molecule has 0 amide bonds. The van der Waals surface area contributed by atoms with Crippen LogP contribution in [0.4, 0.5) is 24.5 Å². The molecular weight excluding hydrogens is 341 g/mol. The number of rotatable bonds is 6. The lowest BCUT2D eigenvalue weighted by Crippen LogP contribution is -2.34. The molecule has 0 aliphatic rings. The van der Waals surface area contributed by atoms with Crippen molar-refractivity contribution in [2.24, 2.45) is 0 Å². The second kappa shape index (κ2) is 6.92. The number of alkyl halides is 4. The Hall–Kier alpha value is -1.31. The summed E-state index contributed by atoms with van der Waals surface area (Å²) < 4.78 is 37.6. The molecule has 0 bridgehead atoms. The maximum absolute atomic E-state index is 12.5. The van der Waals surface area contributed by atoms with Gasteiger partial charge in [-0.3, -0.25) is 10.1 Å². The van der Waals surface area contributed by atoms with Crippen molar-refractivity contribution in [3.8, 4) is 0 Å². The lowest BCUT2D eigenvalue weighted by Gasteiger charge is -2.25. The predicted octanol–water partition coefficient (Wildman–Crippen LogP) is 4.27. The first kappa shape index (κ1) is 16.7. The Morgan fingerprint density at radius 3 is 2.50 bits per heavy atom. The fourth-order valence-corrected chi connectivity index (χ4v) is 2.29. The lowest BCUT2D eigenvalue weighted by atomic mass is 10.1. The van der Waals surface area contributed by atoms with Gasteiger partial charge < -0.3 is 4.90 Å². The average molecular weight is 355 g/mol. The van der Waals surface area contributed by atoms with E-state index in [2.05, 4.69) is 15.9 Å². The number of nitrogens with zero attached hydrogens (tertiary/aromatic N) is 2. The van der Waals surface area contributed by atoms with E-state index in [0.717, 1.165) is 0 Å². The molecule has 0 radical (unpaired) electrons. The second-order valence-electron chi connectivity index (χ2n) is 4.24. The van der Waals surface area contributed by atoms with E-state index in [1.165, 1.54) is 23.1 Å². The number of benzene rings is 1. The van der Waals surface area contributed by atoms with Crippen LogP contribution in [0.25, 0.3) is 0 Å². The standard InChI is InChI=1S/C12H14BrF3N2O2/c1-2-5-17(8-12(14,15)16)10-3-4-11(18(19)20)9(6-10)7-13/h3-4,6H,2,5,7-8H2,1H3. The molecule has 0 atom stereocenters. The third-order valence-electron chi connectivity index (χ3n) is 2.63. The van der Waals surface area contributed by atoms with Gasteiger partial charge in [0.15, 0.2) is 0 Å². The third-order valence-corrected chi connectivity index (χ3v) is 3.24. The van der Waals surface area contributed by atoms with Crippen LogP contribution in [0, 0.1) is 10.1 Å². The van der Waals surface area contributed by atoms with Gasteiger partial charge in [0.2, 0.25) is 0 Å². The zero-order chi connectivity index (χ0) is 15.3. The Labute approximate surface area is 122 Å². The Balaban J connectivity index is 3.11. The first-order valence-corrected chi connectivity index (χ1v) is 7.05. The van der Waals surface area contributed by atoms with Crippen LogP contribution < -0.4 is 4.90 Å². The number of hydrogen-bond donors (Lipinski definition) is 0. The van der Waals surface area contributed by atoms with Crippen molar-refractivity contribution >= 4 is 27.3 Å². The molecule has 20 heavy (non-hydrogen) atoms. The molecule has 1 aromatic carbocycles. The molecule has 0 saturated carbocycles. The van der Waals surface area contributed by atoms with E-state index in [4.69, 9.17) is 0 Å². The van der Waals surface area contributed by atoms with Crippen LogP contribution in [0.3, 0.4) is 0 Å². The van der Waals surface area contributed by atoms with Gasteiger partial charge in [0.1, 0.15) is 6.54 Å². The zero-order valence-electron chi connectivity index (χ0n) is 10.8. The Morgan fingerprint density at radius 1 is 1.40 bits per heavy atom. The molecule has 0 heterocycles. The largest absolute Gasteiger partial charge is 0.405 e. The van der Waals surface area contributed by atoms with Gasteiger partial charge >= 0.3 is 6.18 Å². The molecule has 112 valence electrons. The molecule has 0 fully saturated rings. The van der Waals surface area contributed by atoms with Gasteiger partial charge in [0, 0.05) is 29.2 Å². The smallest absolute Gasteiger partial charge is 0.363 e. The molecule has 0 spiro atoms. The first-order valence-electron chi connectivity index (χ1n) is 5.93. The average Bonchev–Trinajstić information content (AvgIpc) is 2.35. The maximum atomic E-state index is 12.5. The predicted molar refractivity (Wildman–Crippen MR) is 74.3 cm³/mol. The topological polar surface area (TPSA) is 46.4 Å². The number of nitro groups is 1. The van der Waals surface area contributed by atoms with Crippen LogP contribution in [0.1, 0.15) is 18.9 Å². The Morgan fingerprint density at radius 2 is 2.05 bits per heavy atom. The normalized spacial score (nSPS) is 11.4. The van der Waals surface area contributed by atoms with Gasteiger partial charge in [-0.15, -0.1) is 0 Å². The highest BCUT2D eigenvalue weighted by molar-refractivity contribution is 9.08. The molecule has 4 nitrogen and oxygen atoms in total. The van der Waals surface area contributed by atoms with Crippen molar-refractivity contribution in [2.45, 2.75) is 24.9 Å². The van der Waals surface area contributed by atoms with Gasteiger partial charge in [-0.2, -0.15) is 13.2 Å². The summed E-state index contributed by atoms with van der Waals surface area (Å²) in [5.74, 6) is 0. The zero-order valence-corrected chi connectivity index (χ0v) is 12.4. The van der Waals surface area contributed by atoms with E-state index in [9.17, 15) is 23.3 Å². The maximum Gasteiger partial charge on any atom is 0.405 e. The van der Waals surface area contributed by atoms with Crippen molar-refractivity contribution < 1.29 is 18.1 Å². The van der Waals surface area contributed by atoms with Gasteiger partial charge in [-0.1, -0.05) is 22.9 Å². The highest BCUT2D eigenvalue weighted by Gasteiger charge is 2.31. The van der Waals surface area contributed by atoms with E-state index in [1.54, 1.807) is 6.92 Å². The summed E-state index contributed by atoms with van der Waals surface area (Å²) in [5, 5.41) is 11.0. The lowest BCUT2D eigenvalue weighted by molar-refractivity contribution is -0.385. The molecule has 0 unspecified atom stereocenters. The summed E-state index contributed by atoms with van der Waals surface area (Å²) in [6.07, 6.45) is -3.76. The molecule has 0 aliphatic carbocycles. The quantitative estimate of drug-likeness (QED) is 0.435. The van der Waals surface area contributed by atoms with E-state index in [1.807, 2.05) is 0 Å². The fourth-order valence-electron chi connectivity index (χ4n) is 1.84. The third kappa shape index (κ3) is 4.66. The van der Waals surface area contributed by atoms with Crippen LogP contribution in [0.5, 0.6) is 0 Å². The molecule has 0 N–H and O–H groups in total. The second-order valence-corrected chi connectivity index (χ2v) is 4.80. The summed E-state index contributed by atoms with van der Waals surface area (Å²) in [6.45, 7) is 0.944. The molecule has 8 heteroatoms. The summed E-state index contributed by atoms with van der Waals surface area (Å²) in [6, 6.07) is 4.02. The van der Waals surface area contributed by atoms with Crippen molar-refractivity contribution in [1.82, 2.24) is 0 Å². The molecule has 0 aliphatic heterocycles. The van der Waals surface area contributed by atoms with Gasteiger partial charge in [0.25, 0.3) is 5.69 Å². The van der Waals surface area contributed by atoms with Crippen molar-refractivity contribution in [3.05, 3.63) is 33.9 Å². The summed E-state index contributed by atoms with van der Waals surface area (Å²) in [4.78, 5) is 11.4. The Kier molecular flexibility index (Phi) is 5.79. The summed E-state index contributed by atoms with van der Waals surface area (Å²) >= 11 is 3.12. The van der Waals surface area contributed by atoms with Gasteiger partial charge in [-0.25, -0.2) is 0 Å². The van der Waals surface area contributed by atoms with Crippen LogP contribution in [0.15, 0.2) is 18.2 Å². The van der Waals surface area contributed by atoms with Gasteiger partial charge in [0.05, 0.1) is 4.92 Å². The SMILES string of the molecule is CCCN(CC(F)(F)F)c1ccc([N+](=O)[O-])c(CBr)c1. The highest BCUT2D eigenvalue weighted by atomic mass is 79.9. The minimum absolute atomic E-state index is 0.103. The van der Waals surface area contributed by atoms with E-state index < -0.39 is 17.6 Å². The summed E-state index contributed by atoms with van der Waals surface area (Å²) in [5.41, 5.74) is 0.592. The minimum atomic E-state index is -4.31. The van der Waals surface area contributed by atoms with Crippen LogP contribution in [-0.4, -0.2) is 24.2 Å². The number of nitro benzene ring substituents is 1. The first-order chi connectivity index (χ1) is 9.28. The van der Waals surface area contributed by atoms with Crippen LogP contribution in [0.2, 0.25) is 0 Å². The van der Waals surface area contributed by atoms with Crippen molar-refractivity contribution in [1.29, 1.82) is 0 Å². The number of halogens is 4. The van der Waals surface area contributed by atoms with Crippen molar-refractivity contribution in [3.63, 3.8) is 0 Å². The molecular formula is C12H14BrF3N2O2. The summed E-state index contributed by atoms with van der Waals surface area (Å²) in [7, 11) is 0. The monoisotopic (exact) mass is 354 g/mol. The van der Waals surface area contributed by atoms with Gasteiger partial charge in [-0.05, 0) is 18.6 Å². The van der Waals surface area contributed by atoms with Crippen molar-refractivity contribution in [2.75, 3.05) is 18.0 Å². The molecule has 1 aromatic rings. The molecule has 0 aromatic heterocycles. The number of anilines is 1. The fraction of sp³-hybridized carbons (Fsp3) is 0.500. The minimum Gasteiger partial charge on any atom is -0.363 e. The van der Waals surface area contributed by atoms with E-state index in [0.29, 0.717) is 17.7 Å². The molecule has 0 saturated heterocycles. The highest BCUT2D eigenvalue weighted by Crippen LogP contribution is 2.29. The van der Waals surface area contributed by atoms with E-state index >= 15 is 0 Å².